The normalized spacial score (nSPS) is 52.3. The second-order valence-electron chi connectivity index (χ2n) is 10.9. The molecule has 0 amide bonds. The van der Waals surface area contributed by atoms with E-state index in [9.17, 15) is 0 Å². The molecule has 4 bridgehead atoms. The van der Waals surface area contributed by atoms with Crippen molar-refractivity contribution in [3.63, 3.8) is 0 Å². The minimum absolute atomic E-state index is 0.516. The lowest BCUT2D eigenvalue weighted by Gasteiger charge is -2.65. The number of fused-ring (bicyclic) bond motifs is 4. The van der Waals surface area contributed by atoms with E-state index in [0.29, 0.717) is 17.7 Å². The Morgan fingerprint density at radius 2 is 1.13 bits per heavy atom. The van der Waals surface area contributed by atoms with Gasteiger partial charge in [-0.25, -0.2) is 0 Å². The van der Waals surface area contributed by atoms with Crippen molar-refractivity contribution in [1.82, 2.24) is 0 Å². The predicted octanol–water partition coefficient (Wildman–Crippen LogP) is 5.77. The zero-order valence-corrected chi connectivity index (χ0v) is 16.4. The quantitative estimate of drug-likeness (QED) is 0.601. The summed E-state index contributed by atoms with van der Waals surface area (Å²) in [6.45, 7) is 15.7. The van der Waals surface area contributed by atoms with Crippen molar-refractivity contribution >= 4 is 6.92 Å². The third-order valence-electron chi connectivity index (χ3n) is 9.94. The minimum Gasteiger partial charge on any atom is -0.438 e. The van der Waals surface area contributed by atoms with Gasteiger partial charge in [0.15, 0.2) is 0 Å². The van der Waals surface area contributed by atoms with Crippen LogP contribution in [0.2, 0.25) is 11.6 Å². The molecule has 6 fully saturated rings. The molecule has 0 unspecified atom stereocenters. The van der Waals surface area contributed by atoms with Crippen LogP contribution >= 0.6 is 0 Å². The van der Waals surface area contributed by atoms with Gasteiger partial charge in [-0.05, 0) is 70.8 Å². The molecule has 8 atom stereocenters. The predicted molar refractivity (Wildman–Crippen MR) is 98.6 cm³/mol. The van der Waals surface area contributed by atoms with Crippen LogP contribution in [-0.2, 0) is 4.65 Å². The van der Waals surface area contributed by atoms with Gasteiger partial charge < -0.3 is 4.65 Å². The summed E-state index contributed by atoms with van der Waals surface area (Å²) >= 11 is 0. The molecular weight excluding hydrogens is 279 g/mol. The van der Waals surface area contributed by atoms with Gasteiger partial charge in [0.2, 0.25) is 0 Å². The molecule has 23 heavy (non-hydrogen) atoms. The molecule has 6 aliphatic carbocycles. The summed E-state index contributed by atoms with van der Waals surface area (Å²) in [5, 5.41) is 0. The van der Waals surface area contributed by atoms with Gasteiger partial charge in [-0.1, -0.05) is 54.4 Å². The van der Waals surface area contributed by atoms with E-state index in [-0.39, 0.29) is 0 Å². The van der Waals surface area contributed by atoms with E-state index < -0.39 is 0 Å². The van der Waals surface area contributed by atoms with E-state index >= 15 is 0 Å². The number of rotatable bonds is 3. The standard InChI is InChI=1S/C21H37BO/c1-12-16-8-14(20(16,3)4)10-18(12)22(23-7)19-11-15-9-17(13(19)2)21(15,5)6/h12-19H,8-11H2,1-7H3/t12-,13+,14-,15-,16+,17+,18+,19-/m1/s1. The molecule has 2 heteroatoms. The van der Waals surface area contributed by atoms with Gasteiger partial charge in [-0.2, -0.15) is 0 Å². The Balaban J connectivity index is 1.52. The van der Waals surface area contributed by atoms with Crippen LogP contribution in [0.25, 0.3) is 0 Å². The summed E-state index contributed by atoms with van der Waals surface area (Å²) in [6.07, 6.45) is 5.81. The fraction of sp³-hybridized carbons (Fsp3) is 1.00. The Morgan fingerprint density at radius 1 is 0.739 bits per heavy atom. The van der Waals surface area contributed by atoms with Gasteiger partial charge in [0, 0.05) is 7.11 Å². The average molecular weight is 316 g/mol. The molecule has 0 spiro atoms. The third kappa shape index (κ3) is 2.03. The van der Waals surface area contributed by atoms with Crippen LogP contribution in [0.4, 0.5) is 0 Å². The van der Waals surface area contributed by atoms with Crippen molar-refractivity contribution in [3.8, 4) is 0 Å². The van der Waals surface area contributed by atoms with Gasteiger partial charge >= 0.3 is 0 Å². The Morgan fingerprint density at radius 3 is 1.39 bits per heavy atom. The van der Waals surface area contributed by atoms with E-state index in [1.165, 1.54) is 25.7 Å². The van der Waals surface area contributed by atoms with Crippen molar-refractivity contribution in [2.45, 2.75) is 78.9 Å². The molecular formula is C21H37BO. The molecule has 6 saturated carbocycles. The van der Waals surface area contributed by atoms with Crippen molar-refractivity contribution in [3.05, 3.63) is 0 Å². The molecule has 6 rings (SSSR count). The smallest absolute Gasteiger partial charge is 0.299 e. The highest BCUT2D eigenvalue weighted by molar-refractivity contribution is 6.55. The molecule has 130 valence electrons. The molecule has 0 aromatic heterocycles. The largest absolute Gasteiger partial charge is 0.438 e. The van der Waals surface area contributed by atoms with Crippen LogP contribution in [0.1, 0.15) is 67.2 Å². The van der Waals surface area contributed by atoms with Crippen LogP contribution in [-0.4, -0.2) is 14.0 Å². The van der Waals surface area contributed by atoms with Gasteiger partial charge in [0.05, 0.1) is 0 Å². The van der Waals surface area contributed by atoms with Crippen molar-refractivity contribution in [2.75, 3.05) is 7.11 Å². The molecule has 0 radical (unpaired) electrons. The summed E-state index contributed by atoms with van der Waals surface area (Å²) in [7, 11) is 2.00. The first-order valence-corrected chi connectivity index (χ1v) is 10.2. The van der Waals surface area contributed by atoms with E-state index in [1.54, 1.807) is 0 Å². The molecule has 0 heterocycles. The molecule has 0 saturated heterocycles. The first-order valence-electron chi connectivity index (χ1n) is 10.2. The van der Waals surface area contributed by atoms with Crippen molar-refractivity contribution in [1.29, 1.82) is 0 Å². The number of hydrogen-bond donors (Lipinski definition) is 0. The lowest BCUT2D eigenvalue weighted by atomic mass is 9.27. The summed E-state index contributed by atoms with van der Waals surface area (Å²) in [5.41, 5.74) is 1.19. The lowest BCUT2D eigenvalue weighted by molar-refractivity contribution is -0.110. The molecule has 0 aromatic carbocycles. The fourth-order valence-electron chi connectivity index (χ4n) is 7.91. The fourth-order valence-corrected chi connectivity index (χ4v) is 7.91. The minimum atomic E-state index is 0.516. The second-order valence-corrected chi connectivity index (χ2v) is 10.9. The van der Waals surface area contributed by atoms with E-state index in [0.717, 1.165) is 47.1 Å². The maximum atomic E-state index is 6.24. The first-order chi connectivity index (χ1) is 10.7. The Hall–Kier alpha value is 0.0249. The first kappa shape index (κ1) is 16.5. The summed E-state index contributed by atoms with van der Waals surface area (Å²) in [5.74, 6) is 7.10. The van der Waals surface area contributed by atoms with E-state index in [2.05, 4.69) is 41.5 Å². The van der Waals surface area contributed by atoms with E-state index in [1.807, 2.05) is 7.11 Å². The van der Waals surface area contributed by atoms with Crippen LogP contribution in [0, 0.1) is 46.3 Å². The van der Waals surface area contributed by atoms with Crippen LogP contribution in [0.5, 0.6) is 0 Å². The van der Waals surface area contributed by atoms with Gasteiger partial charge in [0.1, 0.15) is 0 Å². The zero-order valence-electron chi connectivity index (χ0n) is 16.4. The Labute approximate surface area is 144 Å². The highest BCUT2D eigenvalue weighted by Gasteiger charge is 2.62. The Kier molecular flexibility index (Phi) is 3.60. The third-order valence-corrected chi connectivity index (χ3v) is 9.94. The summed E-state index contributed by atoms with van der Waals surface area (Å²) in [4.78, 5) is 0. The van der Waals surface area contributed by atoms with Gasteiger partial charge in [-0.15, -0.1) is 0 Å². The zero-order chi connectivity index (χ0) is 16.7. The van der Waals surface area contributed by atoms with Crippen molar-refractivity contribution < 1.29 is 4.65 Å². The highest BCUT2D eigenvalue weighted by atomic mass is 16.4. The van der Waals surface area contributed by atoms with Crippen molar-refractivity contribution in [2.24, 2.45) is 46.3 Å². The molecule has 0 N–H and O–H groups in total. The van der Waals surface area contributed by atoms with Crippen LogP contribution < -0.4 is 0 Å². The maximum Gasteiger partial charge on any atom is 0.299 e. The molecule has 6 aliphatic rings. The van der Waals surface area contributed by atoms with Gasteiger partial charge in [-0.3, -0.25) is 0 Å². The monoisotopic (exact) mass is 316 g/mol. The van der Waals surface area contributed by atoms with Crippen LogP contribution in [0.15, 0.2) is 0 Å². The Bertz CT molecular complexity index is 442. The average Bonchev–Trinajstić information content (AvgIpc) is 2.49. The van der Waals surface area contributed by atoms with Crippen LogP contribution in [0.3, 0.4) is 0 Å². The topological polar surface area (TPSA) is 9.23 Å². The summed E-state index contributed by atoms with van der Waals surface area (Å²) in [6, 6.07) is 0. The molecule has 1 nitrogen and oxygen atoms in total. The summed E-state index contributed by atoms with van der Waals surface area (Å²) < 4.78 is 6.24. The maximum absolute atomic E-state index is 6.24. The van der Waals surface area contributed by atoms with Gasteiger partial charge in [0.25, 0.3) is 6.92 Å². The SMILES string of the molecule is COB([C@H]1C[C@H]2C[C@@H]([C@H]1C)C2(C)C)[C@@H]1C[C@H]2C[C@@H]([C@@H]1C)C2(C)C. The lowest BCUT2D eigenvalue weighted by Crippen LogP contribution is -2.60. The van der Waals surface area contributed by atoms with E-state index in [4.69, 9.17) is 4.65 Å². The highest BCUT2D eigenvalue weighted by Crippen LogP contribution is 2.69. The number of hydrogen-bond acceptors (Lipinski definition) is 1. The molecule has 0 aliphatic heterocycles. The molecule has 0 aromatic rings. The second kappa shape index (κ2) is 5.02.